The van der Waals surface area contributed by atoms with Crippen molar-refractivity contribution in [3.05, 3.63) is 70.3 Å². The van der Waals surface area contributed by atoms with E-state index in [0.29, 0.717) is 29.9 Å². The third-order valence-electron chi connectivity index (χ3n) is 5.56. The average molecular weight is 431 g/mol. The molecule has 1 aliphatic heterocycles. The minimum Gasteiger partial charge on any atom is -0.378 e. The van der Waals surface area contributed by atoms with Crippen LogP contribution in [0.1, 0.15) is 41.6 Å². The van der Waals surface area contributed by atoms with Crippen molar-refractivity contribution < 1.29 is 9.53 Å². The normalized spacial score (nSPS) is 15.8. The molecule has 1 atom stereocenters. The molecule has 0 bridgehead atoms. The Morgan fingerprint density at radius 3 is 2.78 bits per heavy atom. The molecule has 3 heterocycles. The van der Waals surface area contributed by atoms with Crippen LogP contribution >= 0.6 is 0 Å². The van der Waals surface area contributed by atoms with Crippen LogP contribution in [0.15, 0.2) is 53.6 Å². The van der Waals surface area contributed by atoms with E-state index in [4.69, 9.17) is 10.00 Å². The third-order valence-corrected chi connectivity index (χ3v) is 5.56. The molecule has 8 nitrogen and oxygen atoms in total. The van der Waals surface area contributed by atoms with Gasteiger partial charge >= 0.3 is 0 Å². The second-order valence-electron chi connectivity index (χ2n) is 7.82. The molecule has 1 unspecified atom stereocenters. The Labute approximate surface area is 185 Å². The van der Waals surface area contributed by atoms with Gasteiger partial charge in [-0.1, -0.05) is 24.3 Å². The lowest BCUT2D eigenvalue weighted by molar-refractivity contribution is 0.0117. The van der Waals surface area contributed by atoms with Crippen LogP contribution in [0.25, 0.3) is 16.9 Å². The third kappa shape index (κ3) is 5.13. The van der Waals surface area contributed by atoms with E-state index in [2.05, 4.69) is 21.5 Å². The lowest BCUT2D eigenvalue weighted by atomic mass is 10.1. The number of benzene rings is 1. The van der Waals surface area contributed by atoms with Gasteiger partial charge in [-0.25, -0.2) is 9.67 Å². The second kappa shape index (κ2) is 10.1. The Hall–Kier alpha value is -3.70. The Balaban J connectivity index is 1.39. The molecule has 4 rings (SSSR count). The number of aromatic nitrogens is 3. The molecule has 32 heavy (non-hydrogen) atoms. The van der Waals surface area contributed by atoms with Crippen molar-refractivity contribution in [1.29, 1.82) is 5.26 Å². The number of amides is 1. The zero-order valence-electron chi connectivity index (χ0n) is 17.7. The molecule has 8 heteroatoms. The summed E-state index contributed by atoms with van der Waals surface area (Å²) in [5.74, 6) is 0.320. The first-order valence-corrected chi connectivity index (χ1v) is 10.8. The standard InChI is InChI=1S/C24H25N5O3/c25-12-10-17-4-6-18(7-5-17)21-16-29(28-24(21)31)22-9-8-19(15-27-22)23(30)26-13-11-20-3-1-2-14-32-20/h4-9,15-16,20H,1-3,10-11,13-14H2,(H,26,30)(H,28,31). The largest absolute Gasteiger partial charge is 0.378 e. The zero-order chi connectivity index (χ0) is 22.3. The molecular weight excluding hydrogens is 406 g/mol. The van der Waals surface area contributed by atoms with E-state index in [9.17, 15) is 9.59 Å². The lowest BCUT2D eigenvalue weighted by Gasteiger charge is -2.22. The van der Waals surface area contributed by atoms with Crippen molar-refractivity contribution in [3.63, 3.8) is 0 Å². The number of nitriles is 1. The highest BCUT2D eigenvalue weighted by atomic mass is 16.5. The Bertz CT molecular complexity index is 1150. The van der Waals surface area contributed by atoms with Gasteiger partial charge in [0, 0.05) is 25.5 Å². The quantitative estimate of drug-likeness (QED) is 0.597. The van der Waals surface area contributed by atoms with Crippen molar-refractivity contribution in [2.75, 3.05) is 13.2 Å². The van der Waals surface area contributed by atoms with Crippen LogP contribution in [0.2, 0.25) is 0 Å². The van der Waals surface area contributed by atoms with Crippen LogP contribution in [0.3, 0.4) is 0 Å². The summed E-state index contributed by atoms with van der Waals surface area (Å²) in [7, 11) is 0. The lowest BCUT2D eigenvalue weighted by Crippen LogP contribution is -2.29. The zero-order valence-corrected chi connectivity index (χ0v) is 17.7. The number of H-pyrrole nitrogens is 1. The summed E-state index contributed by atoms with van der Waals surface area (Å²) >= 11 is 0. The fourth-order valence-corrected chi connectivity index (χ4v) is 3.76. The molecule has 1 amide bonds. The molecule has 0 aliphatic carbocycles. The average Bonchev–Trinajstić information content (AvgIpc) is 3.22. The van der Waals surface area contributed by atoms with Crippen LogP contribution in [0, 0.1) is 11.3 Å². The molecule has 2 N–H and O–H groups in total. The maximum atomic E-state index is 12.4. The summed E-state index contributed by atoms with van der Waals surface area (Å²) in [6.45, 7) is 1.37. The minimum absolute atomic E-state index is 0.181. The predicted molar refractivity (Wildman–Crippen MR) is 119 cm³/mol. The molecule has 3 aromatic rings. The molecule has 2 aromatic heterocycles. The van der Waals surface area contributed by atoms with Gasteiger partial charge in [-0.3, -0.25) is 14.7 Å². The molecular formula is C24H25N5O3. The Morgan fingerprint density at radius 2 is 2.09 bits per heavy atom. The van der Waals surface area contributed by atoms with Gasteiger partial charge in [0.1, 0.15) is 0 Å². The van der Waals surface area contributed by atoms with E-state index in [1.165, 1.54) is 17.3 Å². The van der Waals surface area contributed by atoms with E-state index in [1.807, 2.05) is 24.3 Å². The van der Waals surface area contributed by atoms with Crippen molar-refractivity contribution in [2.45, 2.75) is 38.2 Å². The summed E-state index contributed by atoms with van der Waals surface area (Å²) in [4.78, 5) is 29.1. The number of aromatic amines is 1. The number of pyridine rings is 1. The maximum absolute atomic E-state index is 12.4. The van der Waals surface area contributed by atoms with Crippen molar-refractivity contribution in [1.82, 2.24) is 20.1 Å². The molecule has 0 radical (unpaired) electrons. The smallest absolute Gasteiger partial charge is 0.272 e. The maximum Gasteiger partial charge on any atom is 0.272 e. The van der Waals surface area contributed by atoms with Gasteiger partial charge in [-0.05, 0) is 48.9 Å². The van der Waals surface area contributed by atoms with E-state index in [0.717, 1.165) is 37.0 Å². The second-order valence-corrected chi connectivity index (χ2v) is 7.82. The topological polar surface area (TPSA) is 113 Å². The molecule has 1 fully saturated rings. The van der Waals surface area contributed by atoms with Crippen molar-refractivity contribution in [2.24, 2.45) is 0 Å². The van der Waals surface area contributed by atoms with E-state index >= 15 is 0 Å². The van der Waals surface area contributed by atoms with Crippen LogP contribution < -0.4 is 10.9 Å². The molecule has 1 aromatic carbocycles. The van der Waals surface area contributed by atoms with Crippen LogP contribution in [-0.4, -0.2) is 39.9 Å². The Morgan fingerprint density at radius 1 is 1.25 bits per heavy atom. The van der Waals surface area contributed by atoms with Crippen LogP contribution in [-0.2, 0) is 11.2 Å². The fraction of sp³-hybridized carbons (Fsp3) is 0.333. The Kier molecular flexibility index (Phi) is 6.78. The van der Waals surface area contributed by atoms with Gasteiger partial charge in [0.05, 0.1) is 29.7 Å². The van der Waals surface area contributed by atoms with E-state index in [1.54, 1.807) is 18.3 Å². The van der Waals surface area contributed by atoms with Gasteiger partial charge in [0.2, 0.25) is 0 Å². The van der Waals surface area contributed by atoms with Gasteiger partial charge in [0.25, 0.3) is 11.5 Å². The molecule has 0 saturated carbocycles. The number of carbonyl (C=O) groups is 1. The van der Waals surface area contributed by atoms with Crippen LogP contribution in [0.5, 0.6) is 0 Å². The monoisotopic (exact) mass is 431 g/mol. The summed E-state index contributed by atoms with van der Waals surface area (Å²) in [6.07, 6.45) is 7.88. The number of nitrogens with zero attached hydrogens (tertiary/aromatic N) is 3. The fourth-order valence-electron chi connectivity index (χ4n) is 3.76. The minimum atomic E-state index is -0.244. The summed E-state index contributed by atoms with van der Waals surface area (Å²) in [5.41, 5.74) is 2.37. The first-order chi connectivity index (χ1) is 15.6. The van der Waals surface area contributed by atoms with Crippen molar-refractivity contribution >= 4 is 5.91 Å². The number of ether oxygens (including phenoxy) is 1. The van der Waals surface area contributed by atoms with Gasteiger partial charge in [-0.2, -0.15) is 5.26 Å². The molecule has 164 valence electrons. The van der Waals surface area contributed by atoms with Gasteiger partial charge < -0.3 is 10.1 Å². The highest BCUT2D eigenvalue weighted by Crippen LogP contribution is 2.18. The first kappa shape index (κ1) is 21.5. The number of hydrogen-bond acceptors (Lipinski definition) is 5. The van der Waals surface area contributed by atoms with E-state index < -0.39 is 0 Å². The number of rotatable bonds is 7. The summed E-state index contributed by atoms with van der Waals surface area (Å²) in [6, 6.07) is 12.8. The highest BCUT2D eigenvalue weighted by Gasteiger charge is 2.15. The SMILES string of the molecule is N#CCc1ccc(-c2cn(-c3ccc(C(=O)NCCC4CCCCO4)cn3)[nH]c2=O)cc1. The van der Waals surface area contributed by atoms with Gasteiger partial charge in [0.15, 0.2) is 5.82 Å². The summed E-state index contributed by atoms with van der Waals surface area (Å²) in [5, 5.41) is 14.4. The highest BCUT2D eigenvalue weighted by molar-refractivity contribution is 5.93. The molecule has 0 spiro atoms. The number of carbonyl (C=O) groups excluding carboxylic acids is 1. The molecule has 1 saturated heterocycles. The summed E-state index contributed by atoms with van der Waals surface area (Å²) < 4.78 is 7.21. The predicted octanol–water partition coefficient (Wildman–Crippen LogP) is 2.98. The van der Waals surface area contributed by atoms with E-state index in [-0.39, 0.29) is 17.6 Å². The first-order valence-electron chi connectivity index (χ1n) is 10.8. The van der Waals surface area contributed by atoms with Crippen LogP contribution in [0.4, 0.5) is 0 Å². The number of hydrogen-bond donors (Lipinski definition) is 2. The van der Waals surface area contributed by atoms with Gasteiger partial charge in [-0.15, -0.1) is 0 Å². The van der Waals surface area contributed by atoms with Crippen molar-refractivity contribution in [3.8, 4) is 23.0 Å². The molecule has 1 aliphatic rings. The number of nitrogens with one attached hydrogen (secondary N) is 2.